The molecule has 0 aliphatic rings. The molecule has 1 unspecified atom stereocenters. The third-order valence-corrected chi connectivity index (χ3v) is 3.39. The summed E-state index contributed by atoms with van der Waals surface area (Å²) in [5.74, 6) is -0.387. The fraction of sp³-hybridized carbons (Fsp3) is 0.467. The summed E-state index contributed by atoms with van der Waals surface area (Å²) < 4.78 is 5.71. The van der Waals surface area contributed by atoms with E-state index < -0.39 is 6.04 Å². The van der Waals surface area contributed by atoms with Gasteiger partial charge in [0.2, 0.25) is 0 Å². The molecule has 0 aliphatic carbocycles. The molecular formula is C15H20BrNO3. The molecule has 1 aromatic rings. The molecule has 1 amide bonds. The molecule has 0 spiro atoms. The smallest absolute Gasteiger partial charge is 0.328 e. The van der Waals surface area contributed by atoms with Gasteiger partial charge in [0.05, 0.1) is 12.2 Å². The number of esters is 1. The van der Waals surface area contributed by atoms with E-state index in [1.54, 1.807) is 25.1 Å². The molecule has 0 aromatic heterocycles. The molecule has 110 valence electrons. The Labute approximate surface area is 128 Å². The van der Waals surface area contributed by atoms with Gasteiger partial charge < -0.3 is 10.1 Å². The Morgan fingerprint density at radius 1 is 1.30 bits per heavy atom. The average molecular weight is 342 g/mol. The number of carbonyl (C=O) groups is 2. The fourth-order valence-corrected chi connectivity index (χ4v) is 2.27. The Morgan fingerprint density at radius 3 is 2.50 bits per heavy atom. The maximum absolute atomic E-state index is 12.2. The van der Waals surface area contributed by atoms with Crippen molar-refractivity contribution in [3.63, 3.8) is 0 Å². The van der Waals surface area contributed by atoms with E-state index in [9.17, 15) is 9.59 Å². The Hall–Kier alpha value is -1.36. The average Bonchev–Trinajstić information content (AvgIpc) is 2.38. The quantitative estimate of drug-likeness (QED) is 0.808. The van der Waals surface area contributed by atoms with E-state index in [2.05, 4.69) is 21.2 Å². The van der Waals surface area contributed by atoms with E-state index in [0.717, 1.165) is 0 Å². The first-order valence-electron chi connectivity index (χ1n) is 6.67. The first-order valence-corrected chi connectivity index (χ1v) is 7.47. The number of rotatable bonds is 6. The van der Waals surface area contributed by atoms with Crippen LogP contribution >= 0.6 is 15.9 Å². The van der Waals surface area contributed by atoms with Crippen molar-refractivity contribution in [2.24, 2.45) is 5.92 Å². The van der Waals surface area contributed by atoms with Crippen LogP contribution < -0.4 is 5.32 Å². The van der Waals surface area contributed by atoms with Gasteiger partial charge in [-0.15, -0.1) is 0 Å². The highest BCUT2D eigenvalue weighted by Gasteiger charge is 2.24. The van der Waals surface area contributed by atoms with Gasteiger partial charge in [-0.25, -0.2) is 4.79 Å². The largest absolute Gasteiger partial charge is 0.464 e. The molecule has 0 heterocycles. The van der Waals surface area contributed by atoms with Gasteiger partial charge in [0.15, 0.2) is 0 Å². The van der Waals surface area contributed by atoms with Gasteiger partial charge in [-0.1, -0.05) is 26.0 Å². The molecule has 0 fully saturated rings. The topological polar surface area (TPSA) is 55.4 Å². The molecule has 0 saturated carbocycles. The minimum Gasteiger partial charge on any atom is -0.464 e. The summed E-state index contributed by atoms with van der Waals surface area (Å²) in [7, 11) is 0. The van der Waals surface area contributed by atoms with Crippen molar-refractivity contribution in [3.8, 4) is 0 Å². The van der Waals surface area contributed by atoms with Crippen molar-refractivity contribution in [1.29, 1.82) is 0 Å². The number of amides is 1. The van der Waals surface area contributed by atoms with Gasteiger partial charge in [-0.05, 0) is 47.3 Å². The van der Waals surface area contributed by atoms with Crippen LogP contribution in [0.15, 0.2) is 28.7 Å². The van der Waals surface area contributed by atoms with Crippen LogP contribution in [0, 0.1) is 5.92 Å². The van der Waals surface area contributed by atoms with Crippen LogP contribution in [-0.2, 0) is 9.53 Å². The van der Waals surface area contributed by atoms with Gasteiger partial charge in [-0.3, -0.25) is 4.79 Å². The van der Waals surface area contributed by atoms with Gasteiger partial charge >= 0.3 is 5.97 Å². The van der Waals surface area contributed by atoms with Gasteiger partial charge in [0.25, 0.3) is 5.91 Å². The van der Waals surface area contributed by atoms with Crippen LogP contribution in [0.25, 0.3) is 0 Å². The molecule has 0 aliphatic heterocycles. The maximum Gasteiger partial charge on any atom is 0.328 e. The van der Waals surface area contributed by atoms with E-state index in [-0.39, 0.29) is 17.8 Å². The van der Waals surface area contributed by atoms with Crippen molar-refractivity contribution in [2.45, 2.75) is 33.2 Å². The summed E-state index contributed by atoms with van der Waals surface area (Å²) in [5, 5.41) is 2.75. The molecule has 1 atom stereocenters. The number of hydrogen-bond acceptors (Lipinski definition) is 3. The van der Waals surface area contributed by atoms with Crippen LogP contribution in [0.5, 0.6) is 0 Å². The van der Waals surface area contributed by atoms with Crippen molar-refractivity contribution >= 4 is 27.8 Å². The second kappa shape index (κ2) is 8.04. The number of ether oxygens (including phenoxy) is 1. The van der Waals surface area contributed by atoms with E-state index in [4.69, 9.17) is 4.74 Å². The monoisotopic (exact) mass is 341 g/mol. The number of halogens is 1. The first-order chi connectivity index (χ1) is 9.45. The van der Waals surface area contributed by atoms with Crippen LogP contribution in [0.3, 0.4) is 0 Å². The lowest BCUT2D eigenvalue weighted by atomic mass is 10.0. The Morgan fingerprint density at radius 2 is 1.95 bits per heavy atom. The maximum atomic E-state index is 12.2. The molecule has 0 radical (unpaired) electrons. The highest BCUT2D eigenvalue weighted by molar-refractivity contribution is 9.10. The molecular weight excluding hydrogens is 322 g/mol. The lowest BCUT2D eigenvalue weighted by molar-refractivity contribution is -0.145. The van der Waals surface area contributed by atoms with E-state index in [1.807, 2.05) is 19.9 Å². The zero-order valence-corrected chi connectivity index (χ0v) is 13.6. The SMILES string of the molecule is CCOC(=O)C(CC(C)C)NC(=O)c1ccccc1Br. The summed E-state index contributed by atoms with van der Waals surface area (Å²) >= 11 is 3.33. The Balaban J connectivity index is 2.81. The summed E-state index contributed by atoms with van der Waals surface area (Å²) in [6.45, 7) is 6.05. The van der Waals surface area contributed by atoms with Gasteiger partial charge in [-0.2, -0.15) is 0 Å². The zero-order chi connectivity index (χ0) is 15.1. The third-order valence-electron chi connectivity index (χ3n) is 2.70. The molecule has 1 N–H and O–H groups in total. The van der Waals surface area contributed by atoms with Gasteiger partial charge in [0, 0.05) is 4.47 Å². The predicted molar refractivity (Wildman–Crippen MR) is 81.5 cm³/mol. The van der Waals surface area contributed by atoms with Crippen molar-refractivity contribution < 1.29 is 14.3 Å². The van der Waals surface area contributed by atoms with Crippen LogP contribution in [-0.4, -0.2) is 24.5 Å². The lowest BCUT2D eigenvalue weighted by Gasteiger charge is -2.19. The number of nitrogens with one attached hydrogen (secondary N) is 1. The molecule has 4 nitrogen and oxygen atoms in total. The van der Waals surface area contributed by atoms with Gasteiger partial charge in [0.1, 0.15) is 6.04 Å². The second-order valence-electron chi connectivity index (χ2n) is 4.89. The Bertz CT molecular complexity index is 474. The van der Waals surface area contributed by atoms with Crippen LogP contribution in [0.4, 0.5) is 0 Å². The predicted octanol–water partition coefficient (Wildman–Crippen LogP) is 3.16. The van der Waals surface area contributed by atoms with Crippen molar-refractivity contribution in [3.05, 3.63) is 34.3 Å². The van der Waals surface area contributed by atoms with Crippen molar-refractivity contribution in [1.82, 2.24) is 5.32 Å². The third kappa shape index (κ3) is 4.96. The summed E-state index contributed by atoms with van der Waals surface area (Å²) in [6.07, 6.45) is 0.551. The number of hydrogen-bond donors (Lipinski definition) is 1. The lowest BCUT2D eigenvalue weighted by Crippen LogP contribution is -2.42. The highest BCUT2D eigenvalue weighted by Crippen LogP contribution is 2.16. The second-order valence-corrected chi connectivity index (χ2v) is 5.74. The van der Waals surface area contributed by atoms with Crippen LogP contribution in [0.1, 0.15) is 37.6 Å². The van der Waals surface area contributed by atoms with Crippen molar-refractivity contribution in [2.75, 3.05) is 6.61 Å². The summed E-state index contributed by atoms with van der Waals surface area (Å²) in [4.78, 5) is 24.1. The Kier molecular flexibility index (Phi) is 6.71. The van der Waals surface area contributed by atoms with Crippen LogP contribution in [0.2, 0.25) is 0 Å². The summed E-state index contributed by atoms with van der Waals surface area (Å²) in [5.41, 5.74) is 0.505. The normalized spacial score (nSPS) is 12.1. The van der Waals surface area contributed by atoms with E-state index in [1.165, 1.54) is 0 Å². The standard InChI is InChI=1S/C15H20BrNO3/c1-4-20-15(19)13(9-10(2)3)17-14(18)11-7-5-6-8-12(11)16/h5-8,10,13H,4,9H2,1-3H3,(H,17,18). The zero-order valence-electron chi connectivity index (χ0n) is 12.0. The van der Waals surface area contributed by atoms with E-state index in [0.29, 0.717) is 23.1 Å². The molecule has 20 heavy (non-hydrogen) atoms. The first kappa shape index (κ1) is 16.7. The molecule has 0 saturated heterocycles. The van der Waals surface area contributed by atoms with E-state index >= 15 is 0 Å². The molecule has 1 aromatic carbocycles. The minimum absolute atomic E-state index is 0.281. The number of benzene rings is 1. The fourth-order valence-electron chi connectivity index (χ4n) is 1.81. The number of carbonyl (C=O) groups excluding carboxylic acids is 2. The minimum atomic E-state index is -0.616. The molecule has 5 heteroatoms. The summed E-state index contributed by atoms with van der Waals surface area (Å²) in [6, 6.07) is 6.49. The molecule has 1 rings (SSSR count). The highest BCUT2D eigenvalue weighted by atomic mass is 79.9. The molecule has 0 bridgehead atoms.